The molecule has 1 aliphatic carbocycles. The molecular weight excluding hydrogens is 314 g/mol. The second-order valence-corrected chi connectivity index (χ2v) is 6.12. The second kappa shape index (κ2) is 7.04. The number of rotatable bonds is 6. The molecule has 1 unspecified atom stereocenters. The van der Waals surface area contributed by atoms with Gasteiger partial charge in [0.15, 0.2) is 0 Å². The highest BCUT2D eigenvalue weighted by Crippen LogP contribution is 2.38. The number of amides is 2. The Labute approximate surface area is 139 Å². The normalized spacial score (nSPS) is 24.1. The molecule has 8 nitrogen and oxygen atoms in total. The maximum Gasteiger partial charge on any atom is 0.410 e. The summed E-state index contributed by atoms with van der Waals surface area (Å²) >= 11 is 0. The van der Waals surface area contributed by atoms with Crippen LogP contribution in [-0.4, -0.2) is 59.9 Å². The summed E-state index contributed by atoms with van der Waals surface area (Å²) in [5.41, 5.74) is 0.823. The number of hydrogen-bond acceptors (Lipinski definition) is 6. The third-order valence-corrected chi connectivity index (χ3v) is 4.45. The van der Waals surface area contributed by atoms with E-state index in [4.69, 9.17) is 9.47 Å². The average Bonchev–Trinajstić information content (AvgIpc) is 2.95. The third kappa shape index (κ3) is 3.59. The summed E-state index contributed by atoms with van der Waals surface area (Å²) in [6.45, 7) is 0.686. The number of nitrogens with one attached hydrogen (secondary N) is 1. The van der Waals surface area contributed by atoms with Gasteiger partial charge in [0.1, 0.15) is 18.9 Å². The summed E-state index contributed by atoms with van der Waals surface area (Å²) in [6, 6.07) is 1.55. The van der Waals surface area contributed by atoms with Crippen molar-refractivity contribution in [2.45, 2.75) is 25.0 Å². The fourth-order valence-corrected chi connectivity index (χ4v) is 3.05. The van der Waals surface area contributed by atoms with Gasteiger partial charge in [0.2, 0.25) is 5.91 Å². The van der Waals surface area contributed by atoms with Crippen LogP contribution in [0.5, 0.6) is 5.75 Å². The van der Waals surface area contributed by atoms with E-state index in [2.05, 4.69) is 10.3 Å². The van der Waals surface area contributed by atoms with Crippen LogP contribution in [-0.2, 0) is 9.53 Å². The molecule has 2 N–H and O–H groups in total. The zero-order valence-electron chi connectivity index (χ0n) is 13.5. The first-order valence-electron chi connectivity index (χ1n) is 7.95. The molecule has 1 aromatic heterocycles. The molecule has 0 bridgehead atoms. The number of aliphatic hydroxyl groups is 1. The van der Waals surface area contributed by atoms with Crippen molar-refractivity contribution < 1.29 is 24.2 Å². The van der Waals surface area contributed by atoms with E-state index in [9.17, 15) is 14.7 Å². The van der Waals surface area contributed by atoms with E-state index in [0.29, 0.717) is 31.7 Å². The smallest absolute Gasteiger partial charge is 0.410 e. The minimum Gasteiger partial charge on any atom is -0.495 e. The quantitative estimate of drug-likeness (QED) is 0.784. The van der Waals surface area contributed by atoms with Gasteiger partial charge in [-0.3, -0.25) is 14.7 Å². The largest absolute Gasteiger partial charge is 0.495 e. The molecule has 130 valence electrons. The van der Waals surface area contributed by atoms with Crippen LogP contribution < -0.4 is 10.1 Å². The van der Waals surface area contributed by atoms with E-state index >= 15 is 0 Å². The molecule has 1 aliphatic heterocycles. The van der Waals surface area contributed by atoms with Gasteiger partial charge < -0.3 is 19.9 Å². The predicted molar refractivity (Wildman–Crippen MR) is 83.3 cm³/mol. The highest BCUT2D eigenvalue weighted by Gasteiger charge is 2.36. The summed E-state index contributed by atoms with van der Waals surface area (Å²) in [5, 5.41) is 12.6. The average molecular weight is 335 g/mol. The van der Waals surface area contributed by atoms with Crippen molar-refractivity contribution in [1.82, 2.24) is 15.2 Å². The number of cyclic esters (lactones) is 1. The highest BCUT2D eigenvalue weighted by molar-refractivity contribution is 5.83. The van der Waals surface area contributed by atoms with Gasteiger partial charge in [-0.25, -0.2) is 4.79 Å². The van der Waals surface area contributed by atoms with Crippen LogP contribution in [0.4, 0.5) is 4.79 Å². The lowest BCUT2D eigenvalue weighted by Crippen LogP contribution is -2.45. The van der Waals surface area contributed by atoms with Crippen molar-refractivity contribution in [3.63, 3.8) is 0 Å². The second-order valence-electron chi connectivity index (χ2n) is 6.12. The molecule has 1 saturated carbocycles. The van der Waals surface area contributed by atoms with Crippen molar-refractivity contribution in [3.8, 4) is 5.75 Å². The van der Waals surface area contributed by atoms with Gasteiger partial charge in [0, 0.05) is 6.20 Å². The minimum absolute atomic E-state index is 0.0397. The lowest BCUT2D eigenvalue weighted by atomic mass is 9.75. The van der Waals surface area contributed by atoms with Gasteiger partial charge in [0.25, 0.3) is 0 Å². The van der Waals surface area contributed by atoms with Crippen LogP contribution in [0.25, 0.3) is 0 Å². The predicted octanol–water partition coefficient (Wildman–Crippen LogP) is 0.471. The summed E-state index contributed by atoms with van der Waals surface area (Å²) in [6.07, 6.45) is 3.72. The Balaban J connectivity index is 1.70. The summed E-state index contributed by atoms with van der Waals surface area (Å²) in [7, 11) is 1.56. The van der Waals surface area contributed by atoms with Crippen LogP contribution in [0.3, 0.4) is 0 Å². The third-order valence-electron chi connectivity index (χ3n) is 4.45. The Bertz CT molecular complexity index is 617. The molecular formula is C16H21N3O5. The van der Waals surface area contributed by atoms with Gasteiger partial charge in [-0.1, -0.05) is 0 Å². The molecule has 24 heavy (non-hydrogen) atoms. The molecule has 1 saturated heterocycles. The molecule has 3 rings (SSSR count). The van der Waals surface area contributed by atoms with Gasteiger partial charge in [-0.15, -0.1) is 0 Å². The Morgan fingerprint density at radius 2 is 2.33 bits per heavy atom. The van der Waals surface area contributed by atoms with Gasteiger partial charge in [-0.2, -0.15) is 0 Å². The van der Waals surface area contributed by atoms with E-state index in [1.165, 1.54) is 4.90 Å². The lowest BCUT2D eigenvalue weighted by molar-refractivity contribution is -0.123. The molecule has 2 fully saturated rings. The van der Waals surface area contributed by atoms with Crippen LogP contribution in [0.15, 0.2) is 18.5 Å². The fraction of sp³-hybridized carbons (Fsp3) is 0.562. The van der Waals surface area contributed by atoms with Crippen molar-refractivity contribution in [2.24, 2.45) is 5.92 Å². The summed E-state index contributed by atoms with van der Waals surface area (Å²) in [4.78, 5) is 29.3. The number of methoxy groups -OCH3 is 1. The summed E-state index contributed by atoms with van der Waals surface area (Å²) < 4.78 is 10.0. The number of carbonyl (C=O) groups excluding carboxylic acids is 2. The molecule has 0 radical (unpaired) electrons. The molecule has 0 spiro atoms. The van der Waals surface area contributed by atoms with Crippen molar-refractivity contribution in [1.29, 1.82) is 0 Å². The van der Waals surface area contributed by atoms with Gasteiger partial charge in [-0.05, 0) is 30.4 Å². The zero-order chi connectivity index (χ0) is 17.1. The standard InChI is InChI=1S/C16H21N3O5/c1-23-13-6-11(7-17-8-13)15(10-4-12(20)5-10)18-14(21)9-19-2-3-24-16(19)22/h6-8,10,12,15,20H,2-5,9H2,1H3,(H,18,21). The van der Waals surface area contributed by atoms with Gasteiger partial charge in [0.05, 0.1) is 32.0 Å². The number of pyridine rings is 1. The van der Waals surface area contributed by atoms with E-state index in [-0.39, 0.29) is 30.5 Å². The monoisotopic (exact) mass is 335 g/mol. The number of hydrogen-bond donors (Lipinski definition) is 2. The molecule has 2 aliphatic rings. The van der Waals surface area contributed by atoms with E-state index in [1.54, 1.807) is 19.5 Å². The zero-order valence-corrected chi connectivity index (χ0v) is 13.5. The van der Waals surface area contributed by atoms with E-state index in [0.717, 1.165) is 5.56 Å². The Morgan fingerprint density at radius 3 is 2.96 bits per heavy atom. The van der Waals surface area contributed by atoms with Crippen molar-refractivity contribution in [2.75, 3.05) is 26.8 Å². The molecule has 8 heteroatoms. The van der Waals surface area contributed by atoms with E-state index in [1.807, 2.05) is 6.07 Å². The van der Waals surface area contributed by atoms with Crippen molar-refractivity contribution in [3.05, 3.63) is 24.0 Å². The molecule has 0 aromatic carbocycles. The lowest BCUT2D eigenvalue weighted by Gasteiger charge is -2.38. The maximum absolute atomic E-state index is 12.3. The topological polar surface area (TPSA) is 101 Å². The van der Waals surface area contributed by atoms with Crippen molar-refractivity contribution >= 4 is 12.0 Å². The number of nitrogens with zero attached hydrogens (tertiary/aromatic N) is 2. The Kier molecular flexibility index (Phi) is 4.84. The van der Waals surface area contributed by atoms with Gasteiger partial charge >= 0.3 is 6.09 Å². The fourth-order valence-electron chi connectivity index (χ4n) is 3.05. The molecule has 1 aromatic rings. The molecule has 1 atom stereocenters. The van der Waals surface area contributed by atoms with Crippen LogP contribution in [0, 0.1) is 5.92 Å². The number of carbonyl (C=O) groups is 2. The maximum atomic E-state index is 12.3. The number of aliphatic hydroxyl groups excluding tert-OH is 1. The Morgan fingerprint density at radius 1 is 1.54 bits per heavy atom. The minimum atomic E-state index is -0.469. The highest BCUT2D eigenvalue weighted by atomic mass is 16.6. The summed E-state index contributed by atoms with van der Waals surface area (Å²) in [5.74, 6) is 0.473. The molecule has 2 heterocycles. The first kappa shape index (κ1) is 16.5. The number of ether oxygens (including phenoxy) is 2. The number of aromatic nitrogens is 1. The van der Waals surface area contributed by atoms with Crippen LogP contribution in [0.2, 0.25) is 0 Å². The van der Waals surface area contributed by atoms with Crippen LogP contribution in [0.1, 0.15) is 24.4 Å². The first-order valence-corrected chi connectivity index (χ1v) is 7.95. The molecule has 2 amide bonds. The van der Waals surface area contributed by atoms with E-state index < -0.39 is 6.09 Å². The first-order chi connectivity index (χ1) is 11.6. The Hall–Kier alpha value is -2.35. The SMILES string of the molecule is COc1cncc(C(NC(=O)CN2CCOC2=O)C2CC(O)C2)c1. The van der Waals surface area contributed by atoms with Crippen LogP contribution >= 0.6 is 0 Å².